The van der Waals surface area contributed by atoms with Gasteiger partial charge in [-0.05, 0) is 44.0 Å². The van der Waals surface area contributed by atoms with Crippen molar-refractivity contribution < 1.29 is 12.1 Å². The van der Waals surface area contributed by atoms with E-state index in [0.29, 0.717) is 29.9 Å². The number of carbonyl (C=O) groups is 1. The molecule has 9 heteroatoms. The van der Waals surface area contributed by atoms with Crippen molar-refractivity contribution in [2.45, 2.75) is 26.8 Å². The van der Waals surface area contributed by atoms with Crippen LogP contribution in [0, 0.1) is 12.8 Å². The van der Waals surface area contributed by atoms with E-state index >= 15 is 0 Å². The van der Waals surface area contributed by atoms with Crippen molar-refractivity contribution >= 4 is 11.7 Å². The van der Waals surface area contributed by atoms with Crippen LogP contribution in [0.1, 0.15) is 27.5 Å². The second-order valence-corrected chi connectivity index (χ2v) is 7.84. The molecule has 0 aliphatic carbocycles. The topological polar surface area (TPSA) is 109 Å². The van der Waals surface area contributed by atoms with Crippen molar-refractivity contribution in [1.82, 2.24) is 30.8 Å². The maximum absolute atomic E-state index is 11.2. The first-order chi connectivity index (χ1) is 15.0. The van der Waals surface area contributed by atoms with Crippen LogP contribution in [0.2, 0.25) is 0 Å². The van der Waals surface area contributed by atoms with Crippen LogP contribution in [0.25, 0.3) is 23.0 Å². The number of benzene rings is 1. The molecule has 0 spiro atoms. The molecule has 4 rings (SSSR count). The third kappa shape index (κ3) is 4.88. The molecule has 1 aromatic carbocycles. The highest BCUT2D eigenvalue weighted by Crippen LogP contribution is 2.28. The predicted octanol–water partition coefficient (Wildman–Crippen LogP) is 2.68. The van der Waals surface area contributed by atoms with Gasteiger partial charge in [-0.15, -0.1) is 10.2 Å². The number of anilines is 1. The summed E-state index contributed by atoms with van der Waals surface area (Å²) in [6.45, 7) is 6.60. The second kappa shape index (κ2) is 9.22. The van der Waals surface area contributed by atoms with Crippen molar-refractivity contribution in [2.24, 2.45) is 5.92 Å². The van der Waals surface area contributed by atoms with E-state index in [1.54, 1.807) is 13.1 Å². The molecule has 2 aromatic heterocycles. The molecule has 0 radical (unpaired) electrons. The van der Waals surface area contributed by atoms with Crippen LogP contribution in [0.5, 0.6) is 0 Å². The molecule has 1 amide bonds. The van der Waals surface area contributed by atoms with E-state index in [2.05, 4.69) is 30.7 Å². The van der Waals surface area contributed by atoms with Crippen LogP contribution >= 0.6 is 0 Å². The highest BCUT2D eigenvalue weighted by Gasteiger charge is 2.25. The van der Waals surface area contributed by atoms with E-state index in [-0.39, 0.29) is 8.76 Å². The van der Waals surface area contributed by atoms with Crippen molar-refractivity contribution in [1.29, 1.82) is 0 Å². The highest BCUT2D eigenvalue weighted by molar-refractivity contribution is 5.72. The summed E-state index contributed by atoms with van der Waals surface area (Å²) in [7, 11) is 1.92. The third-order valence-electron chi connectivity index (χ3n) is 5.40. The molecule has 2 N–H and O–H groups in total. The van der Waals surface area contributed by atoms with Gasteiger partial charge in [-0.1, -0.05) is 12.1 Å². The molecule has 3 aromatic rings. The average Bonchev–Trinajstić information content (AvgIpc) is 3.44. The van der Waals surface area contributed by atoms with E-state index in [1.807, 2.05) is 38.2 Å². The van der Waals surface area contributed by atoms with Crippen LogP contribution in [-0.2, 0) is 11.3 Å². The fraction of sp³-hybridized carbons (Fsp3) is 0.409. The number of hydrogen-bond donors (Lipinski definition) is 2. The van der Waals surface area contributed by atoms with Gasteiger partial charge in [-0.2, -0.15) is 0 Å². The monoisotopic (exact) mass is 425 g/mol. The van der Waals surface area contributed by atoms with Gasteiger partial charge in [0.05, 0.1) is 11.9 Å². The molecular formula is C22H31N7O2. The molecular weight excluding hydrogens is 394 g/mol. The van der Waals surface area contributed by atoms with E-state index in [0.717, 1.165) is 43.1 Å². The Hall–Kier alpha value is -3.33. The van der Waals surface area contributed by atoms with Crippen LogP contribution in [0.4, 0.5) is 5.82 Å². The number of aryl methyl sites for hydroxylation is 1. The zero-order valence-corrected chi connectivity index (χ0v) is 18.1. The Kier molecular flexibility index (Phi) is 6.22. The molecule has 0 bridgehead atoms. The Morgan fingerprint density at radius 1 is 1.26 bits per heavy atom. The Bertz CT molecular complexity index is 1060. The zero-order chi connectivity index (χ0) is 21.8. The van der Waals surface area contributed by atoms with Crippen molar-refractivity contribution in [2.75, 3.05) is 31.6 Å². The molecule has 1 atom stereocenters. The lowest BCUT2D eigenvalue weighted by atomic mass is 10.1. The van der Waals surface area contributed by atoms with Gasteiger partial charge in [0, 0.05) is 41.5 Å². The highest BCUT2D eigenvalue weighted by atomic mass is 16.4. The van der Waals surface area contributed by atoms with Gasteiger partial charge in [-0.3, -0.25) is 9.78 Å². The molecule has 1 aliphatic heterocycles. The standard InChI is InChI=1S/C22H27N7O2.2H2/c1-14-20(22-28-27-21(31-22)18-6-4-16(5-7-18)10-23-3)26-19(12-24-14)29-9-8-17(13-29)11-25-15(2)30;;/h4-7,12,17,23H,8-11,13H2,1-3H3,(H,25,30);2*1H/t17-;;/m0../s1. The Balaban J connectivity index is 0.00000193. The lowest BCUT2D eigenvalue weighted by molar-refractivity contribution is -0.119. The van der Waals surface area contributed by atoms with E-state index in [4.69, 9.17) is 9.40 Å². The maximum atomic E-state index is 11.2. The molecule has 166 valence electrons. The average molecular weight is 426 g/mol. The van der Waals surface area contributed by atoms with Crippen LogP contribution in [0.3, 0.4) is 0 Å². The first-order valence-corrected chi connectivity index (χ1v) is 10.4. The first-order valence-electron chi connectivity index (χ1n) is 10.4. The van der Waals surface area contributed by atoms with E-state index < -0.39 is 0 Å². The lowest BCUT2D eigenvalue weighted by Crippen LogP contribution is -2.29. The second-order valence-electron chi connectivity index (χ2n) is 7.84. The van der Waals surface area contributed by atoms with E-state index in [1.165, 1.54) is 5.56 Å². The summed E-state index contributed by atoms with van der Waals surface area (Å²) < 4.78 is 5.93. The van der Waals surface area contributed by atoms with Crippen molar-refractivity contribution in [3.05, 3.63) is 41.7 Å². The van der Waals surface area contributed by atoms with Gasteiger partial charge in [0.25, 0.3) is 5.89 Å². The Labute approximate surface area is 184 Å². The molecule has 9 nitrogen and oxygen atoms in total. The van der Waals surface area contributed by atoms with Crippen LogP contribution in [-0.4, -0.2) is 52.8 Å². The Morgan fingerprint density at radius 3 is 2.77 bits per heavy atom. The molecule has 1 fully saturated rings. The first kappa shape index (κ1) is 20.9. The lowest BCUT2D eigenvalue weighted by Gasteiger charge is -2.18. The molecule has 0 unspecified atom stereocenters. The summed E-state index contributed by atoms with van der Waals surface area (Å²) in [5.74, 6) is 1.99. The summed E-state index contributed by atoms with van der Waals surface area (Å²) in [5.41, 5.74) is 3.37. The van der Waals surface area contributed by atoms with Gasteiger partial charge in [0.15, 0.2) is 5.69 Å². The molecule has 1 saturated heterocycles. The number of carbonyl (C=O) groups excluding carboxylic acids is 1. The minimum atomic E-state index is -0.000248. The maximum Gasteiger partial charge on any atom is 0.268 e. The molecule has 0 saturated carbocycles. The summed E-state index contributed by atoms with van der Waals surface area (Å²) in [6.07, 6.45) is 2.77. The van der Waals surface area contributed by atoms with Crippen molar-refractivity contribution in [3.63, 3.8) is 0 Å². The minimum absolute atomic E-state index is 0. The number of amides is 1. The summed E-state index contributed by atoms with van der Waals surface area (Å²) in [4.78, 5) is 22.6. The summed E-state index contributed by atoms with van der Waals surface area (Å²) in [5, 5.41) is 14.4. The minimum Gasteiger partial charge on any atom is -0.415 e. The van der Waals surface area contributed by atoms with Gasteiger partial charge in [0.1, 0.15) is 5.82 Å². The SMILES string of the molecule is CNCc1ccc(-c2nnc(-c3nc(N4CC[C@@H](CNC(C)=O)C4)cnc3C)o2)cc1.[HH].[HH]. The van der Waals surface area contributed by atoms with E-state index in [9.17, 15) is 4.79 Å². The molecule has 3 heterocycles. The van der Waals surface area contributed by atoms with Crippen molar-refractivity contribution in [3.8, 4) is 23.0 Å². The largest absolute Gasteiger partial charge is 0.415 e. The van der Waals surface area contributed by atoms with Gasteiger partial charge >= 0.3 is 0 Å². The quantitative estimate of drug-likeness (QED) is 0.595. The third-order valence-corrected chi connectivity index (χ3v) is 5.40. The fourth-order valence-electron chi connectivity index (χ4n) is 3.70. The summed E-state index contributed by atoms with van der Waals surface area (Å²) >= 11 is 0. The van der Waals surface area contributed by atoms with Crippen LogP contribution in [0.15, 0.2) is 34.9 Å². The van der Waals surface area contributed by atoms with Gasteiger partial charge in [-0.25, -0.2) is 4.98 Å². The molecule has 31 heavy (non-hydrogen) atoms. The number of hydrogen-bond acceptors (Lipinski definition) is 8. The van der Waals surface area contributed by atoms with Gasteiger partial charge < -0.3 is 20.0 Å². The smallest absolute Gasteiger partial charge is 0.268 e. The molecule has 1 aliphatic rings. The number of nitrogens with one attached hydrogen (secondary N) is 2. The van der Waals surface area contributed by atoms with Crippen LogP contribution < -0.4 is 15.5 Å². The van der Waals surface area contributed by atoms with Gasteiger partial charge in [0.2, 0.25) is 11.8 Å². The predicted molar refractivity (Wildman–Crippen MR) is 121 cm³/mol. The normalized spacial score (nSPS) is 16.0. The Morgan fingerprint density at radius 2 is 2.03 bits per heavy atom. The zero-order valence-electron chi connectivity index (χ0n) is 18.1. The number of nitrogens with zero attached hydrogens (tertiary/aromatic N) is 5. The summed E-state index contributed by atoms with van der Waals surface area (Å²) in [6, 6.07) is 8.01. The number of aromatic nitrogens is 4. The fourth-order valence-corrected chi connectivity index (χ4v) is 3.70. The number of rotatable bonds is 7.